The van der Waals surface area contributed by atoms with Crippen LogP contribution in [0.5, 0.6) is 0 Å². The minimum atomic E-state index is -1.06. The quantitative estimate of drug-likeness (QED) is 0.222. The molecule has 3 rings (SSSR count). The fraction of sp³-hybridized carbons (Fsp3) is 0.552. The molecule has 0 radical (unpaired) electrons. The number of hydrogen-bond donors (Lipinski definition) is 1. The molecule has 0 aliphatic carbocycles. The molecule has 1 N–H and O–H groups in total. The summed E-state index contributed by atoms with van der Waals surface area (Å²) in [7, 11) is 0. The zero-order valence-corrected chi connectivity index (χ0v) is 24.6. The van der Waals surface area contributed by atoms with E-state index in [1.165, 1.54) is 17.7 Å². The zero-order valence-electron chi connectivity index (χ0n) is 24.6. The van der Waals surface area contributed by atoms with Crippen LogP contribution >= 0.6 is 0 Å². The summed E-state index contributed by atoms with van der Waals surface area (Å²) >= 11 is 0. The van der Waals surface area contributed by atoms with E-state index in [4.69, 9.17) is 14.2 Å². The third-order valence-electron chi connectivity index (χ3n) is 5.15. The Morgan fingerprint density at radius 1 is 0.897 bits per heavy atom. The molecule has 0 saturated carbocycles. The third kappa shape index (κ3) is 10.6. The number of hydrogen-bond acceptors (Lipinski definition) is 7. The maximum Gasteiger partial charge on any atom is 0.519 e. The molecule has 2 heterocycles. The number of carbonyl (C=O) groups is 3. The molecule has 1 aliphatic rings. The van der Waals surface area contributed by atoms with E-state index in [9.17, 15) is 18.8 Å². The van der Waals surface area contributed by atoms with Crippen molar-refractivity contribution in [2.45, 2.75) is 98.5 Å². The lowest BCUT2D eigenvalue weighted by Gasteiger charge is -2.34. The SMILES string of the molecule is CC(C)(C)OC(=O)OC(=O)OC(C)(C)C.CC1CC(c2c[nH]c3cc(F)ccc23)=CCN1C(=O)OC(C)(C)C. The van der Waals surface area contributed by atoms with Gasteiger partial charge in [0.1, 0.15) is 22.6 Å². The number of aromatic amines is 1. The zero-order chi connectivity index (χ0) is 29.8. The molecule has 0 bridgehead atoms. The summed E-state index contributed by atoms with van der Waals surface area (Å²) in [5.41, 5.74) is 1.13. The first-order valence-corrected chi connectivity index (χ1v) is 12.8. The highest BCUT2D eigenvalue weighted by Gasteiger charge is 2.29. The summed E-state index contributed by atoms with van der Waals surface area (Å²) < 4.78 is 32.6. The topological polar surface area (TPSA) is 107 Å². The van der Waals surface area contributed by atoms with E-state index in [1.54, 1.807) is 52.5 Å². The molecular weight excluding hydrogens is 507 g/mol. The first-order valence-electron chi connectivity index (χ1n) is 12.8. The van der Waals surface area contributed by atoms with Crippen molar-refractivity contribution in [2.75, 3.05) is 6.54 Å². The Morgan fingerprint density at radius 2 is 1.44 bits per heavy atom. The second-order valence-electron chi connectivity index (χ2n) is 12.3. The Kier molecular flexibility index (Phi) is 9.81. The number of rotatable bonds is 1. The van der Waals surface area contributed by atoms with E-state index in [0.717, 1.165) is 22.9 Å². The number of carbonyl (C=O) groups excluding carboxylic acids is 3. The highest BCUT2D eigenvalue weighted by Crippen LogP contribution is 2.32. The Balaban J connectivity index is 0.000000309. The van der Waals surface area contributed by atoms with Crippen molar-refractivity contribution < 1.29 is 37.7 Å². The minimum Gasteiger partial charge on any atom is -0.444 e. The number of fused-ring (bicyclic) bond motifs is 1. The summed E-state index contributed by atoms with van der Waals surface area (Å²) in [5, 5.41) is 1.00. The molecular formula is C29H41FN2O7. The molecule has 216 valence electrons. The summed E-state index contributed by atoms with van der Waals surface area (Å²) in [6, 6.07) is 4.81. The average Bonchev–Trinajstić information content (AvgIpc) is 3.12. The number of halogens is 1. The monoisotopic (exact) mass is 548 g/mol. The Morgan fingerprint density at radius 3 is 1.92 bits per heavy atom. The molecule has 9 nitrogen and oxygen atoms in total. The average molecular weight is 549 g/mol. The normalized spacial score (nSPS) is 16.0. The maximum atomic E-state index is 13.3. The number of nitrogens with zero attached hydrogens (tertiary/aromatic N) is 1. The minimum absolute atomic E-state index is 0.0465. The molecule has 2 aromatic rings. The predicted molar refractivity (Wildman–Crippen MR) is 147 cm³/mol. The Bertz CT molecular complexity index is 1190. The molecule has 1 atom stereocenters. The standard InChI is InChI=1S/C19H23FN2O2.C10H18O5/c1-12-9-13(7-8-22(12)18(23)24-19(2,3)4)16-11-21-17-10-14(20)5-6-15(16)17;1-9(2,3)14-7(11)13-8(12)15-10(4,5)6/h5-7,10-12,21H,8-9H2,1-4H3;1-6H3. The van der Waals surface area contributed by atoms with Crippen molar-refractivity contribution in [3.8, 4) is 0 Å². The molecule has 10 heteroatoms. The third-order valence-corrected chi connectivity index (χ3v) is 5.15. The van der Waals surface area contributed by atoms with Crippen LogP contribution in [0.15, 0.2) is 30.5 Å². The molecule has 1 aliphatic heterocycles. The molecule has 1 unspecified atom stereocenters. The predicted octanol–water partition coefficient (Wildman–Crippen LogP) is 7.59. The molecule has 39 heavy (non-hydrogen) atoms. The lowest BCUT2D eigenvalue weighted by molar-refractivity contribution is -0.0294. The maximum absolute atomic E-state index is 13.3. The summed E-state index contributed by atoms with van der Waals surface area (Å²) in [5.74, 6) is -0.252. The number of aromatic nitrogens is 1. The highest BCUT2D eigenvalue weighted by atomic mass is 19.1. The van der Waals surface area contributed by atoms with E-state index >= 15 is 0 Å². The van der Waals surface area contributed by atoms with Crippen LogP contribution < -0.4 is 0 Å². The van der Waals surface area contributed by atoms with Gasteiger partial charge in [-0.2, -0.15) is 0 Å². The largest absolute Gasteiger partial charge is 0.519 e. The second kappa shape index (κ2) is 12.1. The van der Waals surface area contributed by atoms with Crippen LogP contribution in [0.3, 0.4) is 0 Å². The first kappa shape index (κ1) is 31.7. The van der Waals surface area contributed by atoms with Gasteiger partial charge in [-0.1, -0.05) is 6.08 Å². The van der Waals surface area contributed by atoms with Crippen molar-refractivity contribution >= 4 is 34.9 Å². The van der Waals surface area contributed by atoms with Crippen LogP contribution in [0.2, 0.25) is 0 Å². The van der Waals surface area contributed by atoms with E-state index in [0.29, 0.717) is 6.54 Å². The van der Waals surface area contributed by atoms with E-state index in [2.05, 4.69) is 15.8 Å². The van der Waals surface area contributed by atoms with Gasteiger partial charge in [0.15, 0.2) is 0 Å². The lowest BCUT2D eigenvalue weighted by atomic mass is 9.95. The van der Waals surface area contributed by atoms with Gasteiger partial charge < -0.3 is 28.8 Å². The number of ether oxygens (including phenoxy) is 4. The van der Waals surface area contributed by atoms with Gasteiger partial charge in [-0.3, -0.25) is 0 Å². The van der Waals surface area contributed by atoms with Gasteiger partial charge in [-0.25, -0.2) is 18.8 Å². The van der Waals surface area contributed by atoms with Crippen molar-refractivity contribution in [2.24, 2.45) is 0 Å². The molecule has 0 spiro atoms. The number of nitrogens with one attached hydrogen (secondary N) is 1. The van der Waals surface area contributed by atoms with Crippen LogP contribution in [0.1, 0.15) is 81.2 Å². The van der Waals surface area contributed by atoms with Crippen molar-refractivity contribution in [1.29, 1.82) is 0 Å². The fourth-order valence-corrected chi connectivity index (χ4v) is 3.67. The first-order chi connectivity index (χ1) is 17.7. The molecule has 1 amide bonds. The van der Waals surface area contributed by atoms with Crippen molar-refractivity contribution in [3.63, 3.8) is 0 Å². The fourth-order valence-electron chi connectivity index (χ4n) is 3.67. The van der Waals surface area contributed by atoms with Gasteiger partial charge in [0.2, 0.25) is 0 Å². The van der Waals surface area contributed by atoms with Crippen LogP contribution in [-0.2, 0) is 18.9 Å². The van der Waals surface area contributed by atoms with Gasteiger partial charge in [-0.05, 0) is 99.4 Å². The smallest absolute Gasteiger partial charge is 0.444 e. The highest BCUT2D eigenvalue weighted by molar-refractivity contribution is 5.93. The van der Waals surface area contributed by atoms with Gasteiger partial charge in [-0.15, -0.1) is 0 Å². The number of amides is 1. The summed E-state index contributed by atoms with van der Waals surface area (Å²) in [6.07, 6.45) is 2.30. The van der Waals surface area contributed by atoms with Crippen molar-refractivity contribution in [1.82, 2.24) is 9.88 Å². The van der Waals surface area contributed by atoms with Crippen LogP contribution in [-0.4, -0.2) is 57.7 Å². The van der Waals surface area contributed by atoms with Gasteiger partial charge >= 0.3 is 18.4 Å². The van der Waals surface area contributed by atoms with Crippen LogP contribution in [0.4, 0.5) is 18.8 Å². The lowest BCUT2D eigenvalue weighted by Crippen LogP contribution is -2.44. The van der Waals surface area contributed by atoms with Gasteiger partial charge in [0, 0.05) is 35.2 Å². The molecule has 1 aromatic carbocycles. The van der Waals surface area contributed by atoms with Gasteiger partial charge in [0.25, 0.3) is 0 Å². The summed E-state index contributed by atoms with van der Waals surface area (Å²) in [6.45, 7) is 18.2. The second-order valence-corrected chi connectivity index (χ2v) is 12.3. The molecule has 0 saturated heterocycles. The van der Waals surface area contributed by atoms with Crippen molar-refractivity contribution in [3.05, 3.63) is 41.9 Å². The van der Waals surface area contributed by atoms with Crippen LogP contribution in [0.25, 0.3) is 16.5 Å². The Hall–Kier alpha value is -3.56. The molecule has 0 fully saturated rings. The number of benzene rings is 1. The molecule has 1 aromatic heterocycles. The van der Waals surface area contributed by atoms with Crippen LogP contribution in [0, 0.1) is 5.82 Å². The van der Waals surface area contributed by atoms with E-state index in [1.807, 2.05) is 33.9 Å². The number of H-pyrrole nitrogens is 1. The van der Waals surface area contributed by atoms with E-state index < -0.39 is 29.1 Å². The Labute approximate surface area is 229 Å². The van der Waals surface area contributed by atoms with Gasteiger partial charge in [0.05, 0.1) is 0 Å². The van der Waals surface area contributed by atoms with E-state index in [-0.39, 0.29) is 18.0 Å². The summed E-state index contributed by atoms with van der Waals surface area (Å²) in [4.78, 5) is 39.2.